The van der Waals surface area contributed by atoms with Gasteiger partial charge in [0, 0.05) is 5.56 Å². The number of amides is 1. The topological polar surface area (TPSA) is 103 Å². The van der Waals surface area contributed by atoms with E-state index in [0.717, 1.165) is 0 Å². The average Bonchev–Trinajstić information content (AvgIpc) is 2.66. The number of carbonyl (C=O) groups is 2. The maximum atomic E-state index is 12.6. The maximum Gasteiger partial charge on any atom is 0.335 e. The van der Waals surface area contributed by atoms with Crippen molar-refractivity contribution in [1.29, 1.82) is 0 Å². The van der Waals surface area contributed by atoms with Gasteiger partial charge in [-0.2, -0.15) is 0 Å². The number of hydrogen-bond acceptors (Lipinski definition) is 6. The monoisotopic (exact) mass is 361 g/mol. The number of carbonyl (C=O) groups excluding carboxylic acids is 1. The van der Waals surface area contributed by atoms with Crippen molar-refractivity contribution in [3.63, 3.8) is 0 Å². The molecule has 0 saturated carbocycles. The second-order valence-electron chi connectivity index (χ2n) is 5.09. The zero-order valence-electron chi connectivity index (χ0n) is 14.8. The molecule has 0 unspecified atom stereocenters. The van der Waals surface area contributed by atoms with Gasteiger partial charge in [0.25, 0.3) is 5.91 Å². The van der Waals surface area contributed by atoms with Crippen LogP contribution in [-0.4, -0.2) is 45.4 Å². The largest absolute Gasteiger partial charge is 0.495 e. The zero-order chi connectivity index (χ0) is 19.3. The lowest BCUT2D eigenvalue weighted by Crippen LogP contribution is -2.14. The Labute approximate surface area is 150 Å². The summed E-state index contributed by atoms with van der Waals surface area (Å²) in [6, 6.07) is 7.15. The number of ether oxygens (including phenoxy) is 4. The van der Waals surface area contributed by atoms with Gasteiger partial charge in [-0.1, -0.05) is 0 Å². The first kappa shape index (κ1) is 18.9. The Kier molecular flexibility index (Phi) is 5.90. The fraction of sp³-hybridized carbons (Fsp3) is 0.222. The summed E-state index contributed by atoms with van der Waals surface area (Å²) >= 11 is 0. The van der Waals surface area contributed by atoms with Gasteiger partial charge < -0.3 is 29.4 Å². The van der Waals surface area contributed by atoms with Gasteiger partial charge in [0.05, 0.1) is 39.7 Å². The lowest BCUT2D eigenvalue weighted by molar-refractivity contribution is 0.0696. The number of rotatable bonds is 7. The molecule has 2 aromatic rings. The minimum Gasteiger partial charge on any atom is -0.495 e. The van der Waals surface area contributed by atoms with Crippen LogP contribution >= 0.6 is 0 Å². The quantitative estimate of drug-likeness (QED) is 0.781. The highest BCUT2D eigenvalue weighted by molar-refractivity contribution is 6.06. The molecule has 0 spiro atoms. The van der Waals surface area contributed by atoms with Gasteiger partial charge in [-0.25, -0.2) is 4.79 Å². The highest BCUT2D eigenvalue weighted by Crippen LogP contribution is 2.38. The second kappa shape index (κ2) is 8.11. The Morgan fingerprint density at radius 2 is 1.38 bits per heavy atom. The molecule has 26 heavy (non-hydrogen) atoms. The molecule has 1 amide bonds. The van der Waals surface area contributed by atoms with E-state index in [4.69, 9.17) is 24.1 Å². The minimum absolute atomic E-state index is 0.0194. The van der Waals surface area contributed by atoms with Gasteiger partial charge in [-0.3, -0.25) is 4.79 Å². The van der Waals surface area contributed by atoms with Gasteiger partial charge in [0.1, 0.15) is 5.75 Å². The summed E-state index contributed by atoms with van der Waals surface area (Å²) in [5.74, 6) is -0.277. The fourth-order valence-electron chi connectivity index (χ4n) is 2.35. The summed E-state index contributed by atoms with van der Waals surface area (Å²) in [4.78, 5) is 23.8. The van der Waals surface area contributed by atoms with E-state index in [1.165, 1.54) is 58.8 Å². The zero-order valence-corrected chi connectivity index (χ0v) is 14.8. The summed E-state index contributed by atoms with van der Waals surface area (Å²) < 4.78 is 20.8. The van der Waals surface area contributed by atoms with Crippen LogP contribution in [0.15, 0.2) is 30.3 Å². The van der Waals surface area contributed by atoms with Crippen molar-refractivity contribution in [2.75, 3.05) is 33.8 Å². The molecule has 0 bridgehead atoms. The third-order valence-corrected chi connectivity index (χ3v) is 3.62. The first-order valence-corrected chi connectivity index (χ1v) is 7.47. The molecule has 8 heteroatoms. The van der Waals surface area contributed by atoms with Crippen molar-refractivity contribution in [3.8, 4) is 23.0 Å². The first-order chi connectivity index (χ1) is 12.4. The number of aromatic carboxylic acids is 1. The van der Waals surface area contributed by atoms with Crippen molar-refractivity contribution in [2.24, 2.45) is 0 Å². The summed E-state index contributed by atoms with van der Waals surface area (Å²) in [7, 11) is 5.77. The second-order valence-corrected chi connectivity index (χ2v) is 5.09. The van der Waals surface area contributed by atoms with Crippen molar-refractivity contribution < 1.29 is 33.6 Å². The Balaban J connectivity index is 2.41. The molecule has 2 rings (SSSR count). The predicted octanol–water partition coefficient (Wildman–Crippen LogP) is 2.67. The maximum absolute atomic E-state index is 12.6. The lowest BCUT2D eigenvalue weighted by atomic mass is 10.1. The number of carboxylic acid groups (broad SMARTS) is 1. The molecule has 2 aromatic carbocycles. The van der Waals surface area contributed by atoms with Crippen molar-refractivity contribution in [2.45, 2.75) is 0 Å². The van der Waals surface area contributed by atoms with Crippen LogP contribution in [0.5, 0.6) is 23.0 Å². The minimum atomic E-state index is -1.11. The Hall–Kier alpha value is -3.42. The average molecular weight is 361 g/mol. The van der Waals surface area contributed by atoms with Crippen LogP contribution in [0.1, 0.15) is 20.7 Å². The van der Waals surface area contributed by atoms with Crippen LogP contribution in [0.2, 0.25) is 0 Å². The number of benzene rings is 2. The molecular weight excluding hydrogens is 342 g/mol. The van der Waals surface area contributed by atoms with Crippen LogP contribution in [0, 0.1) is 0 Å². The Morgan fingerprint density at radius 1 is 0.808 bits per heavy atom. The number of anilines is 1. The molecule has 0 aromatic heterocycles. The van der Waals surface area contributed by atoms with Crippen molar-refractivity contribution in [3.05, 3.63) is 41.5 Å². The third kappa shape index (κ3) is 3.80. The standard InChI is InChI=1S/C18H19NO7/c1-23-13-6-5-10(18(21)22)7-12(13)19-17(20)11-8-14(24-2)16(26-4)15(9-11)25-3/h5-9H,1-4H3,(H,19,20)(H,21,22). The highest BCUT2D eigenvalue weighted by atomic mass is 16.5. The van der Waals surface area contributed by atoms with E-state index in [1.54, 1.807) is 0 Å². The number of carboxylic acids is 1. The summed E-state index contributed by atoms with van der Waals surface area (Å²) in [5, 5.41) is 11.8. The van der Waals surface area contributed by atoms with Gasteiger partial charge in [0.2, 0.25) is 5.75 Å². The van der Waals surface area contributed by atoms with E-state index >= 15 is 0 Å². The molecule has 0 saturated heterocycles. The molecule has 0 fully saturated rings. The highest BCUT2D eigenvalue weighted by Gasteiger charge is 2.18. The normalized spacial score (nSPS) is 10.0. The smallest absolute Gasteiger partial charge is 0.335 e. The van der Waals surface area contributed by atoms with Crippen molar-refractivity contribution >= 4 is 17.6 Å². The molecule has 0 aliphatic carbocycles. The van der Waals surface area contributed by atoms with E-state index in [2.05, 4.69) is 5.32 Å². The number of nitrogens with one attached hydrogen (secondary N) is 1. The number of methoxy groups -OCH3 is 4. The van der Waals surface area contributed by atoms with Crippen LogP contribution in [0.3, 0.4) is 0 Å². The van der Waals surface area contributed by atoms with Gasteiger partial charge in [-0.15, -0.1) is 0 Å². The lowest BCUT2D eigenvalue weighted by Gasteiger charge is -2.15. The van der Waals surface area contributed by atoms with Crippen LogP contribution in [-0.2, 0) is 0 Å². The van der Waals surface area contributed by atoms with Crippen LogP contribution in [0.25, 0.3) is 0 Å². The van der Waals surface area contributed by atoms with Crippen molar-refractivity contribution in [1.82, 2.24) is 0 Å². The van der Waals surface area contributed by atoms with Crippen LogP contribution in [0.4, 0.5) is 5.69 Å². The predicted molar refractivity (Wildman–Crippen MR) is 94.0 cm³/mol. The fourth-order valence-corrected chi connectivity index (χ4v) is 2.35. The SMILES string of the molecule is COc1ccc(C(=O)O)cc1NC(=O)c1cc(OC)c(OC)c(OC)c1. The summed E-state index contributed by atoms with van der Waals surface area (Å²) in [6.45, 7) is 0. The molecule has 0 atom stereocenters. The van der Waals surface area contributed by atoms with E-state index in [1.807, 2.05) is 0 Å². The molecule has 0 radical (unpaired) electrons. The molecule has 0 aliphatic rings. The van der Waals surface area contributed by atoms with Gasteiger partial charge in [-0.05, 0) is 30.3 Å². The van der Waals surface area contributed by atoms with Crippen LogP contribution < -0.4 is 24.3 Å². The van der Waals surface area contributed by atoms with E-state index < -0.39 is 11.9 Å². The Morgan fingerprint density at radius 3 is 1.85 bits per heavy atom. The molecule has 2 N–H and O–H groups in total. The summed E-state index contributed by atoms with van der Waals surface area (Å²) in [6.07, 6.45) is 0. The van der Waals surface area contributed by atoms with Gasteiger partial charge in [0.15, 0.2) is 11.5 Å². The van der Waals surface area contributed by atoms with E-state index in [9.17, 15) is 9.59 Å². The Bertz CT molecular complexity index is 807. The first-order valence-electron chi connectivity index (χ1n) is 7.47. The van der Waals surface area contributed by atoms with Gasteiger partial charge >= 0.3 is 5.97 Å². The molecular formula is C18H19NO7. The third-order valence-electron chi connectivity index (χ3n) is 3.62. The van der Waals surface area contributed by atoms with E-state index in [0.29, 0.717) is 23.0 Å². The molecule has 138 valence electrons. The molecule has 0 aliphatic heterocycles. The summed E-state index contributed by atoms with van der Waals surface area (Å²) in [5.41, 5.74) is 0.486. The molecule has 8 nitrogen and oxygen atoms in total. The van der Waals surface area contributed by atoms with E-state index in [-0.39, 0.29) is 16.8 Å². The number of hydrogen-bond donors (Lipinski definition) is 2. The molecule has 0 heterocycles.